The third-order valence-electron chi connectivity index (χ3n) is 2.20. The number of benzene rings is 1. The van der Waals surface area contributed by atoms with Gasteiger partial charge in [0.2, 0.25) is 0 Å². The SMILES string of the molecule is C[N+](C)(C)CCCc1cccc(O)c1.[I-]. The zero-order valence-electron chi connectivity index (χ0n) is 9.70. The number of quaternary nitrogens is 1. The molecule has 0 amide bonds. The number of phenolic OH excluding ortho intramolecular Hbond substituents is 1. The Balaban J connectivity index is 0.00000196. The average Bonchev–Trinajstić information content (AvgIpc) is 2.01. The third-order valence-corrected chi connectivity index (χ3v) is 2.20. The zero-order valence-corrected chi connectivity index (χ0v) is 11.9. The summed E-state index contributed by atoms with van der Waals surface area (Å²) in [4.78, 5) is 0. The minimum absolute atomic E-state index is 0. The van der Waals surface area contributed by atoms with E-state index in [-0.39, 0.29) is 24.0 Å². The second-order valence-electron chi connectivity index (χ2n) is 4.79. The number of hydrogen-bond acceptors (Lipinski definition) is 1. The summed E-state index contributed by atoms with van der Waals surface area (Å²) in [5.41, 5.74) is 1.22. The molecule has 1 aromatic carbocycles. The van der Waals surface area contributed by atoms with Crippen LogP contribution in [0.4, 0.5) is 0 Å². The Bertz CT molecular complexity index is 294. The smallest absolute Gasteiger partial charge is 0.115 e. The lowest BCUT2D eigenvalue weighted by Gasteiger charge is -2.23. The molecule has 0 spiro atoms. The van der Waals surface area contributed by atoms with E-state index in [1.807, 2.05) is 12.1 Å². The van der Waals surface area contributed by atoms with Gasteiger partial charge in [0, 0.05) is 6.42 Å². The number of aromatic hydroxyl groups is 1. The van der Waals surface area contributed by atoms with Crippen LogP contribution in [-0.2, 0) is 6.42 Å². The van der Waals surface area contributed by atoms with Crippen LogP contribution in [0.5, 0.6) is 5.75 Å². The van der Waals surface area contributed by atoms with Crippen molar-refractivity contribution in [2.75, 3.05) is 27.7 Å². The van der Waals surface area contributed by atoms with Gasteiger partial charge in [-0.05, 0) is 24.1 Å². The Morgan fingerprint density at radius 3 is 2.40 bits per heavy atom. The predicted molar refractivity (Wildman–Crippen MR) is 59.3 cm³/mol. The van der Waals surface area contributed by atoms with Gasteiger partial charge in [-0.15, -0.1) is 0 Å². The van der Waals surface area contributed by atoms with Gasteiger partial charge in [-0.2, -0.15) is 0 Å². The van der Waals surface area contributed by atoms with Crippen molar-refractivity contribution in [3.8, 4) is 5.75 Å². The van der Waals surface area contributed by atoms with Crippen LogP contribution in [-0.4, -0.2) is 37.3 Å². The van der Waals surface area contributed by atoms with E-state index in [1.165, 1.54) is 5.56 Å². The van der Waals surface area contributed by atoms with Crippen molar-refractivity contribution in [1.82, 2.24) is 0 Å². The van der Waals surface area contributed by atoms with E-state index in [4.69, 9.17) is 0 Å². The summed E-state index contributed by atoms with van der Waals surface area (Å²) < 4.78 is 0.999. The van der Waals surface area contributed by atoms with Crippen molar-refractivity contribution in [3.63, 3.8) is 0 Å². The highest BCUT2D eigenvalue weighted by Crippen LogP contribution is 2.12. The van der Waals surface area contributed by atoms with Gasteiger partial charge in [0.05, 0.1) is 27.7 Å². The molecule has 0 saturated carbocycles. The molecular formula is C12H20INO. The van der Waals surface area contributed by atoms with Crippen molar-refractivity contribution in [1.29, 1.82) is 0 Å². The first-order valence-electron chi connectivity index (χ1n) is 5.06. The standard InChI is InChI=1S/C12H19NO.HI/c1-13(2,3)9-5-7-11-6-4-8-12(14)10-11;/h4,6,8,10H,5,7,9H2,1-3H3;1H. The molecule has 0 atom stereocenters. The summed E-state index contributed by atoms with van der Waals surface area (Å²) in [7, 11) is 6.59. The molecule has 0 heterocycles. The Morgan fingerprint density at radius 2 is 1.87 bits per heavy atom. The highest BCUT2D eigenvalue weighted by molar-refractivity contribution is 5.27. The molecule has 15 heavy (non-hydrogen) atoms. The van der Waals surface area contributed by atoms with Gasteiger partial charge < -0.3 is 33.6 Å². The molecule has 0 aliphatic rings. The molecule has 86 valence electrons. The molecule has 0 bridgehead atoms. The molecule has 1 aromatic rings. The molecule has 0 aliphatic carbocycles. The van der Waals surface area contributed by atoms with Gasteiger partial charge in [-0.1, -0.05) is 12.1 Å². The summed E-state index contributed by atoms with van der Waals surface area (Å²) in [6, 6.07) is 7.52. The van der Waals surface area contributed by atoms with Gasteiger partial charge in [0.1, 0.15) is 5.75 Å². The molecule has 0 radical (unpaired) electrons. The number of aryl methyl sites for hydroxylation is 1. The van der Waals surface area contributed by atoms with Crippen LogP contribution < -0.4 is 24.0 Å². The Labute approximate surface area is 110 Å². The second kappa shape index (κ2) is 6.33. The van der Waals surface area contributed by atoms with Crippen LogP contribution in [0.1, 0.15) is 12.0 Å². The normalized spacial score (nSPS) is 10.9. The van der Waals surface area contributed by atoms with Crippen LogP contribution in [0.3, 0.4) is 0 Å². The maximum atomic E-state index is 9.27. The summed E-state index contributed by atoms with van der Waals surface area (Å²) in [5.74, 6) is 0.368. The highest BCUT2D eigenvalue weighted by atomic mass is 127. The van der Waals surface area contributed by atoms with Crippen molar-refractivity contribution >= 4 is 0 Å². The number of hydrogen-bond donors (Lipinski definition) is 1. The predicted octanol–water partition coefficient (Wildman–Crippen LogP) is -0.965. The molecule has 1 N–H and O–H groups in total. The lowest BCUT2D eigenvalue weighted by atomic mass is 10.1. The largest absolute Gasteiger partial charge is 1.00 e. The van der Waals surface area contributed by atoms with Crippen LogP contribution >= 0.6 is 0 Å². The van der Waals surface area contributed by atoms with Crippen LogP contribution in [0, 0.1) is 0 Å². The fourth-order valence-electron chi connectivity index (χ4n) is 1.47. The van der Waals surface area contributed by atoms with Gasteiger partial charge >= 0.3 is 0 Å². The summed E-state index contributed by atoms with van der Waals surface area (Å²) >= 11 is 0. The number of rotatable bonds is 4. The van der Waals surface area contributed by atoms with E-state index in [2.05, 4.69) is 27.2 Å². The molecular weight excluding hydrogens is 301 g/mol. The first kappa shape index (κ1) is 14.7. The van der Waals surface area contributed by atoms with E-state index in [0.717, 1.165) is 23.9 Å². The molecule has 0 fully saturated rings. The molecule has 0 unspecified atom stereocenters. The average molecular weight is 321 g/mol. The lowest BCUT2D eigenvalue weighted by Crippen LogP contribution is -3.00. The fourth-order valence-corrected chi connectivity index (χ4v) is 1.47. The Hall–Kier alpha value is -0.290. The molecule has 0 saturated heterocycles. The number of nitrogens with zero attached hydrogens (tertiary/aromatic N) is 1. The van der Waals surface area contributed by atoms with E-state index < -0.39 is 0 Å². The molecule has 3 heteroatoms. The molecule has 0 aliphatic heterocycles. The number of halogens is 1. The van der Waals surface area contributed by atoms with Crippen molar-refractivity contribution in [3.05, 3.63) is 29.8 Å². The summed E-state index contributed by atoms with van der Waals surface area (Å²) in [6.07, 6.45) is 2.21. The van der Waals surface area contributed by atoms with Gasteiger partial charge in [0.25, 0.3) is 0 Å². The first-order chi connectivity index (χ1) is 6.47. The zero-order chi connectivity index (χ0) is 10.6. The second-order valence-corrected chi connectivity index (χ2v) is 4.79. The topological polar surface area (TPSA) is 20.2 Å². The van der Waals surface area contributed by atoms with Crippen LogP contribution in [0.2, 0.25) is 0 Å². The quantitative estimate of drug-likeness (QED) is 0.559. The minimum Gasteiger partial charge on any atom is -1.00 e. The van der Waals surface area contributed by atoms with Crippen molar-refractivity contribution < 1.29 is 33.6 Å². The molecule has 2 nitrogen and oxygen atoms in total. The van der Waals surface area contributed by atoms with E-state index >= 15 is 0 Å². The monoisotopic (exact) mass is 321 g/mol. The lowest BCUT2D eigenvalue weighted by molar-refractivity contribution is -0.870. The van der Waals surface area contributed by atoms with Gasteiger partial charge in [-0.3, -0.25) is 0 Å². The van der Waals surface area contributed by atoms with Crippen LogP contribution in [0.15, 0.2) is 24.3 Å². The maximum Gasteiger partial charge on any atom is 0.115 e. The highest BCUT2D eigenvalue weighted by Gasteiger charge is 2.05. The number of phenols is 1. The van der Waals surface area contributed by atoms with Crippen LogP contribution in [0.25, 0.3) is 0 Å². The fraction of sp³-hybridized carbons (Fsp3) is 0.500. The molecule has 1 rings (SSSR count). The van der Waals surface area contributed by atoms with Crippen molar-refractivity contribution in [2.24, 2.45) is 0 Å². The minimum atomic E-state index is 0. The van der Waals surface area contributed by atoms with Gasteiger partial charge in [-0.25, -0.2) is 0 Å². The van der Waals surface area contributed by atoms with E-state index in [1.54, 1.807) is 6.07 Å². The summed E-state index contributed by atoms with van der Waals surface area (Å²) in [5, 5.41) is 9.27. The maximum absolute atomic E-state index is 9.27. The molecule has 0 aromatic heterocycles. The van der Waals surface area contributed by atoms with E-state index in [9.17, 15) is 5.11 Å². The third kappa shape index (κ3) is 6.73. The Morgan fingerprint density at radius 1 is 1.20 bits per heavy atom. The van der Waals surface area contributed by atoms with Gasteiger partial charge in [0.15, 0.2) is 0 Å². The first-order valence-corrected chi connectivity index (χ1v) is 5.06. The van der Waals surface area contributed by atoms with E-state index in [0.29, 0.717) is 5.75 Å². The summed E-state index contributed by atoms with van der Waals surface area (Å²) in [6.45, 7) is 1.16. The van der Waals surface area contributed by atoms with Crippen molar-refractivity contribution in [2.45, 2.75) is 12.8 Å². The Kier molecular flexibility index (Phi) is 6.20.